The van der Waals surface area contributed by atoms with Gasteiger partial charge in [0, 0.05) is 23.5 Å². The highest BCUT2D eigenvalue weighted by Gasteiger charge is 2.12. The Bertz CT molecular complexity index is 585. The Morgan fingerprint density at radius 3 is 2.42 bits per heavy atom. The number of aromatic nitrogens is 1. The second-order valence-electron chi connectivity index (χ2n) is 3.92. The van der Waals surface area contributed by atoms with Crippen molar-refractivity contribution in [1.82, 2.24) is 4.98 Å². The number of aryl methyl sites for hydroxylation is 1. The zero-order valence-corrected chi connectivity index (χ0v) is 10.1. The molecule has 2 rings (SSSR count). The highest BCUT2D eigenvalue weighted by atomic mass is 19.3. The van der Waals surface area contributed by atoms with E-state index in [2.05, 4.69) is 9.72 Å². The fraction of sp³-hybridized carbons (Fsp3) is 0.143. The number of carbonyl (C=O) groups is 1. The van der Waals surface area contributed by atoms with E-state index < -0.39 is 6.61 Å². The third-order valence-electron chi connectivity index (χ3n) is 2.60. The highest BCUT2D eigenvalue weighted by Crippen LogP contribution is 2.22. The van der Waals surface area contributed by atoms with Crippen molar-refractivity contribution in [3.8, 4) is 5.75 Å². The lowest BCUT2D eigenvalue weighted by Crippen LogP contribution is -2.05. The molecule has 0 bridgehead atoms. The van der Waals surface area contributed by atoms with E-state index in [1.54, 1.807) is 19.1 Å². The minimum absolute atomic E-state index is 0.0706. The van der Waals surface area contributed by atoms with Gasteiger partial charge in [0.1, 0.15) is 5.75 Å². The molecule has 0 amide bonds. The summed E-state index contributed by atoms with van der Waals surface area (Å²) in [6, 6.07) is 7.56. The summed E-state index contributed by atoms with van der Waals surface area (Å²) in [7, 11) is 0. The van der Waals surface area contributed by atoms with Crippen LogP contribution < -0.4 is 4.74 Å². The number of hydrogen-bond acceptors (Lipinski definition) is 3. The number of hydrogen-bond donors (Lipinski definition) is 0. The normalized spacial score (nSPS) is 10.5. The number of nitrogens with zero attached hydrogens (tertiary/aromatic N) is 1. The lowest BCUT2D eigenvalue weighted by atomic mass is 10.0. The van der Waals surface area contributed by atoms with Crippen LogP contribution in [0.4, 0.5) is 8.78 Å². The van der Waals surface area contributed by atoms with Crippen LogP contribution >= 0.6 is 0 Å². The van der Waals surface area contributed by atoms with Crippen molar-refractivity contribution < 1.29 is 18.3 Å². The summed E-state index contributed by atoms with van der Waals surface area (Å²) in [6.07, 6.45) is 3.04. The van der Waals surface area contributed by atoms with E-state index >= 15 is 0 Å². The van der Waals surface area contributed by atoms with Gasteiger partial charge in [-0.2, -0.15) is 8.78 Å². The lowest BCUT2D eigenvalue weighted by Gasteiger charge is -2.09. The van der Waals surface area contributed by atoms with E-state index in [1.165, 1.54) is 30.6 Å². The molecule has 0 fully saturated rings. The third kappa shape index (κ3) is 3.13. The zero-order valence-electron chi connectivity index (χ0n) is 10.1. The minimum atomic E-state index is -2.87. The largest absolute Gasteiger partial charge is 0.435 e. The number of rotatable bonds is 4. The number of ketones is 1. The van der Waals surface area contributed by atoms with Gasteiger partial charge in [-0.1, -0.05) is 0 Å². The quantitative estimate of drug-likeness (QED) is 0.795. The van der Waals surface area contributed by atoms with Gasteiger partial charge in [0.15, 0.2) is 5.78 Å². The Kier molecular flexibility index (Phi) is 3.85. The van der Waals surface area contributed by atoms with E-state index in [4.69, 9.17) is 0 Å². The van der Waals surface area contributed by atoms with Crippen LogP contribution in [0, 0.1) is 6.92 Å². The number of carbonyl (C=O) groups excluding carboxylic acids is 1. The first-order chi connectivity index (χ1) is 9.08. The molecule has 1 heterocycles. The van der Waals surface area contributed by atoms with E-state index in [-0.39, 0.29) is 11.5 Å². The summed E-state index contributed by atoms with van der Waals surface area (Å²) >= 11 is 0. The molecule has 0 aliphatic heterocycles. The molecule has 5 heteroatoms. The monoisotopic (exact) mass is 263 g/mol. The molecule has 1 aromatic carbocycles. The van der Waals surface area contributed by atoms with Crippen molar-refractivity contribution in [1.29, 1.82) is 0 Å². The van der Waals surface area contributed by atoms with Crippen LogP contribution in [0.5, 0.6) is 5.75 Å². The van der Waals surface area contributed by atoms with Crippen LogP contribution in [0.2, 0.25) is 0 Å². The van der Waals surface area contributed by atoms with Gasteiger partial charge in [-0.15, -0.1) is 0 Å². The predicted molar refractivity (Wildman–Crippen MR) is 65.5 cm³/mol. The van der Waals surface area contributed by atoms with Crippen LogP contribution in [-0.4, -0.2) is 17.4 Å². The predicted octanol–water partition coefficient (Wildman–Crippen LogP) is 3.22. The first-order valence-electron chi connectivity index (χ1n) is 5.58. The number of ether oxygens (including phenoxy) is 1. The Labute approximate surface area is 108 Å². The van der Waals surface area contributed by atoms with Crippen molar-refractivity contribution >= 4 is 5.78 Å². The van der Waals surface area contributed by atoms with Crippen molar-refractivity contribution in [3.05, 3.63) is 59.4 Å². The Morgan fingerprint density at radius 2 is 1.84 bits per heavy atom. The van der Waals surface area contributed by atoms with Gasteiger partial charge < -0.3 is 4.74 Å². The maximum Gasteiger partial charge on any atom is 0.387 e. The van der Waals surface area contributed by atoms with Crippen LogP contribution in [0.15, 0.2) is 42.7 Å². The number of halogens is 2. The van der Waals surface area contributed by atoms with Gasteiger partial charge in [0.25, 0.3) is 0 Å². The molecule has 0 spiro atoms. The molecule has 0 N–H and O–H groups in total. The molecule has 0 aliphatic carbocycles. The molecule has 98 valence electrons. The Hall–Kier alpha value is -2.30. The van der Waals surface area contributed by atoms with E-state index in [0.717, 1.165) is 0 Å². The highest BCUT2D eigenvalue weighted by molar-refractivity contribution is 6.09. The van der Waals surface area contributed by atoms with Gasteiger partial charge in [-0.05, 0) is 42.8 Å². The van der Waals surface area contributed by atoms with Crippen LogP contribution in [0.25, 0.3) is 0 Å². The van der Waals surface area contributed by atoms with E-state index in [9.17, 15) is 13.6 Å². The second kappa shape index (κ2) is 5.56. The molecule has 3 nitrogen and oxygen atoms in total. The fourth-order valence-electron chi connectivity index (χ4n) is 1.69. The molecule has 1 aromatic heterocycles. The maximum atomic E-state index is 12.1. The van der Waals surface area contributed by atoms with E-state index in [1.807, 2.05) is 0 Å². The van der Waals surface area contributed by atoms with Crippen LogP contribution in [0.3, 0.4) is 0 Å². The second-order valence-corrected chi connectivity index (χ2v) is 3.92. The molecule has 0 saturated carbocycles. The third-order valence-corrected chi connectivity index (χ3v) is 2.60. The Balaban J connectivity index is 2.27. The van der Waals surface area contributed by atoms with Crippen LogP contribution in [0.1, 0.15) is 21.5 Å². The van der Waals surface area contributed by atoms with Gasteiger partial charge in [-0.25, -0.2) is 0 Å². The smallest absolute Gasteiger partial charge is 0.387 e. The summed E-state index contributed by atoms with van der Waals surface area (Å²) in [4.78, 5) is 15.9. The summed E-state index contributed by atoms with van der Waals surface area (Å²) in [5, 5.41) is 0. The number of pyridine rings is 1. The number of benzene rings is 1. The van der Waals surface area contributed by atoms with Crippen molar-refractivity contribution in [2.75, 3.05) is 0 Å². The standard InChI is InChI=1S/C14H11F2NO2/c1-9-8-11(2-3-12(9)19-14(15)16)13(18)10-4-6-17-7-5-10/h2-8,14H,1H3. The van der Waals surface area contributed by atoms with Crippen molar-refractivity contribution in [3.63, 3.8) is 0 Å². The Morgan fingerprint density at radius 1 is 1.16 bits per heavy atom. The van der Waals surface area contributed by atoms with Gasteiger partial charge in [0.05, 0.1) is 0 Å². The average molecular weight is 263 g/mol. The molecule has 19 heavy (non-hydrogen) atoms. The lowest BCUT2D eigenvalue weighted by molar-refractivity contribution is -0.0502. The maximum absolute atomic E-state index is 12.1. The topological polar surface area (TPSA) is 39.2 Å². The molecule has 0 unspecified atom stereocenters. The van der Waals surface area contributed by atoms with Crippen molar-refractivity contribution in [2.45, 2.75) is 13.5 Å². The molecular formula is C14H11F2NO2. The average Bonchev–Trinajstić information content (AvgIpc) is 2.41. The van der Waals surface area contributed by atoms with Gasteiger partial charge in [0.2, 0.25) is 0 Å². The SMILES string of the molecule is Cc1cc(C(=O)c2ccncc2)ccc1OC(F)F. The summed E-state index contributed by atoms with van der Waals surface area (Å²) < 4.78 is 28.6. The molecule has 0 saturated heterocycles. The van der Waals surface area contributed by atoms with Gasteiger partial charge in [-0.3, -0.25) is 9.78 Å². The summed E-state index contributed by atoms with van der Waals surface area (Å²) in [6.45, 7) is -1.26. The molecule has 2 aromatic rings. The summed E-state index contributed by atoms with van der Waals surface area (Å²) in [5.41, 5.74) is 1.41. The van der Waals surface area contributed by atoms with E-state index in [0.29, 0.717) is 16.7 Å². The van der Waals surface area contributed by atoms with Gasteiger partial charge >= 0.3 is 6.61 Å². The molecular weight excluding hydrogens is 252 g/mol. The zero-order chi connectivity index (χ0) is 13.8. The molecule has 0 radical (unpaired) electrons. The first-order valence-corrected chi connectivity index (χ1v) is 5.58. The molecule has 0 aliphatic rings. The molecule has 0 atom stereocenters. The van der Waals surface area contributed by atoms with Crippen LogP contribution in [-0.2, 0) is 0 Å². The first kappa shape index (κ1) is 13.1. The summed E-state index contributed by atoms with van der Waals surface area (Å²) in [5.74, 6) is -0.115. The minimum Gasteiger partial charge on any atom is -0.435 e. The number of alkyl halides is 2. The fourth-order valence-corrected chi connectivity index (χ4v) is 1.69. The van der Waals surface area contributed by atoms with Crippen molar-refractivity contribution in [2.24, 2.45) is 0 Å².